The van der Waals surface area contributed by atoms with Gasteiger partial charge in [0.2, 0.25) is 0 Å². The monoisotopic (exact) mass is 180 g/mol. The van der Waals surface area contributed by atoms with Gasteiger partial charge in [-0.15, -0.1) is 0 Å². The standard InChI is InChI=1S/C10H14.C2H6.CH4/c1-3-6-10-8-5-4-7-9(10)2;1-2;/h4-5,7-8H,3,6H2,1-2H3;1-2H3;1H4. The lowest BCUT2D eigenvalue weighted by atomic mass is 10.1. The molecule has 1 aromatic carbocycles. The first kappa shape index (κ1) is 14.7. The Bertz CT molecular complexity index is 201. The van der Waals surface area contributed by atoms with Crippen molar-refractivity contribution in [3.8, 4) is 0 Å². The molecule has 0 bridgehead atoms. The Kier molecular flexibility index (Phi) is 10.5. The third-order valence-electron chi connectivity index (χ3n) is 1.78. The summed E-state index contributed by atoms with van der Waals surface area (Å²) in [6, 6.07) is 8.58. The smallest absolute Gasteiger partial charge is 0.0279 e. The van der Waals surface area contributed by atoms with E-state index in [1.54, 1.807) is 0 Å². The summed E-state index contributed by atoms with van der Waals surface area (Å²) >= 11 is 0. The molecule has 0 atom stereocenters. The van der Waals surface area contributed by atoms with Crippen molar-refractivity contribution in [3.05, 3.63) is 35.4 Å². The number of benzene rings is 1. The number of aryl methyl sites for hydroxylation is 2. The number of hydrogen-bond acceptors (Lipinski definition) is 0. The normalized spacial score (nSPS) is 8.00. The number of hydrogen-bond donors (Lipinski definition) is 0. The van der Waals surface area contributed by atoms with Crippen molar-refractivity contribution in [2.75, 3.05) is 0 Å². The van der Waals surface area contributed by atoms with Gasteiger partial charge in [0.25, 0.3) is 0 Å². The van der Waals surface area contributed by atoms with Crippen LogP contribution in [0.4, 0.5) is 0 Å². The van der Waals surface area contributed by atoms with E-state index < -0.39 is 0 Å². The van der Waals surface area contributed by atoms with Crippen molar-refractivity contribution < 1.29 is 0 Å². The Morgan fingerprint density at radius 1 is 1.08 bits per heavy atom. The van der Waals surface area contributed by atoms with Gasteiger partial charge in [-0.1, -0.05) is 58.9 Å². The van der Waals surface area contributed by atoms with E-state index in [9.17, 15) is 0 Å². The second-order valence-electron chi connectivity index (χ2n) is 2.68. The molecule has 0 radical (unpaired) electrons. The van der Waals surface area contributed by atoms with Crippen LogP contribution in [0.3, 0.4) is 0 Å². The lowest BCUT2D eigenvalue weighted by Crippen LogP contribution is -1.85. The summed E-state index contributed by atoms with van der Waals surface area (Å²) in [5.74, 6) is 0. The first-order chi connectivity index (χ1) is 5.84. The summed E-state index contributed by atoms with van der Waals surface area (Å²) in [7, 11) is 0. The van der Waals surface area contributed by atoms with Gasteiger partial charge in [-0.05, 0) is 24.5 Å². The molecule has 0 spiro atoms. The number of rotatable bonds is 2. The molecule has 0 heteroatoms. The van der Waals surface area contributed by atoms with E-state index in [-0.39, 0.29) is 7.43 Å². The molecular formula is C13H24. The molecule has 1 rings (SSSR count). The van der Waals surface area contributed by atoms with Crippen LogP contribution in [-0.2, 0) is 6.42 Å². The van der Waals surface area contributed by atoms with E-state index in [0.29, 0.717) is 0 Å². The van der Waals surface area contributed by atoms with Gasteiger partial charge in [0.05, 0.1) is 0 Å². The minimum Gasteiger partial charge on any atom is -0.0776 e. The van der Waals surface area contributed by atoms with Crippen molar-refractivity contribution in [1.29, 1.82) is 0 Å². The van der Waals surface area contributed by atoms with E-state index >= 15 is 0 Å². The lowest BCUT2D eigenvalue weighted by Gasteiger charge is -2.01. The van der Waals surface area contributed by atoms with Crippen LogP contribution in [0, 0.1) is 6.92 Å². The summed E-state index contributed by atoms with van der Waals surface area (Å²) < 4.78 is 0. The molecule has 0 N–H and O–H groups in total. The molecule has 0 amide bonds. The highest BCUT2D eigenvalue weighted by molar-refractivity contribution is 5.25. The zero-order valence-electron chi connectivity index (χ0n) is 8.72. The fraction of sp³-hybridized carbons (Fsp3) is 0.538. The van der Waals surface area contributed by atoms with E-state index in [2.05, 4.69) is 38.1 Å². The molecule has 0 saturated carbocycles. The minimum atomic E-state index is 0. The summed E-state index contributed by atoms with van der Waals surface area (Å²) in [4.78, 5) is 0. The van der Waals surface area contributed by atoms with Crippen LogP contribution in [-0.4, -0.2) is 0 Å². The second kappa shape index (κ2) is 9.31. The fourth-order valence-electron chi connectivity index (χ4n) is 1.16. The molecule has 0 nitrogen and oxygen atoms in total. The van der Waals surface area contributed by atoms with Crippen molar-refractivity contribution in [1.82, 2.24) is 0 Å². The maximum Gasteiger partial charge on any atom is -0.0279 e. The molecule has 76 valence electrons. The molecule has 0 unspecified atom stereocenters. The zero-order valence-corrected chi connectivity index (χ0v) is 8.72. The van der Waals surface area contributed by atoms with Gasteiger partial charge in [-0.3, -0.25) is 0 Å². The van der Waals surface area contributed by atoms with Crippen LogP contribution < -0.4 is 0 Å². The molecule has 0 heterocycles. The van der Waals surface area contributed by atoms with Crippen LogP contribution in [0.1, 0.15) is 45.7 Å². The summed E-state index contributed by atoms with van der Waals surface area (Å²) in [6.45, 7) is 8.39. The Morgan fingerprint density at radius 3 is 2.08 bits per heavy atom. The van der Waals surface area contributed by atoms with Gasteiger partial charge in [0.15, 0.2) is 0 Å². The van der Waals surface area contributed by atoms with E-state index in [1.165, 1.54) is 24.0 Å². The zero-order chi connectivity index (χ0) is 9.40. The Labute approximate surface area is 84.0 Å². The third kappa shape index (κ3) is 5.46. The summed E-state index contributed by atoms with van der Waals surface area (Å²) in [6.07, 6.45) is 2.46. The SMILES string of the molecule is C.CC.CCCc1ccccc1C. The first-order valence-corrected chi connectivity index (χ1v) is 4.89. The topological polar surface area (TPSA) is 0 Å². The highest BCUT2D eigenvalue weighted by Crippen LogP contribution is 2.08. The van der Waals surface area contributed by atoms with Gasteiger partial charge < -0.3 is 0 Å². The van der Waals surface area contributed by atoms with Crippen molar-refractivity contribution in [2.45, 2.75) is 48.0 Å². The first-order valence-electron chi connectivity index (χ1n) is 4.89. The predicted molar refractivity (Wildman–Crippen MR) is 63.3 cm³/mol. The van der Waals surface area contributed by atoms with Crippen LogP contribution >= 0.6 is 0 Å². The summed E-state index contributed by atoms with van der Waals surface area (Å²) in [5.41, 5.74) is 2.91. The van der Waals surface area contributed by atoms with Gasteiger partial charge in [-0.2, -0.15) is 0 Å². The molecule has 1 aromatic rings. The highest BCUT2D eigenvalue weighted by atomic mass is 14.0. The van der Waals surface area contributed by atoms with Gasteiger partial charge in [0, 0.05) is 0 Å². The lowest BCUT2D eigenvalue weighted by molar-refractivity contribution is 0.913. The van der Waals surface area contributed by atoms with Crippen LogP contribution in [0.25, 0.3) is 0 Å². The Hall–Kier alpha value is -0.780. The van der Waals surface area contributed by atoms with E-state index in [1.807, 2.05) is 13.8 Å². The average molecular weight is 180 g/mol. The van der Waals surface area contributed by atoms with Crippen molar-refractivity contribution >= 4 is 0 Å². The Morgan fingerprint density at radius 2 is 1.62 bits per heavy atom. The fourth-order valence-corrected chi connectivity index (χ4v) is 1.16. The van der Waals surface area contributed by atoms with Crippen LogP contribution in [0.5, 0.6) is 0 Å². The molecule has 0 aliphatic rings. The summed E-state index contributed by atoms with van der Waals surface area (Å²) in [5, 5.41) is 0. The Balaban J connectivity index is 0. The highest BCUT2D eigenvalue weighted by Gasteiger charge is 1.92. The third-order valence-corrected chi connectivity index (χ3v) is 1.78. The molecule has 0 aliphatic heterocycles. The van der Waals surface area contributed by atoms with E-state index in [0.717, 1.165) is 0 Å². The molecule has 0 fully saturated rings. The molecule has 0 saturated heterocycles. The maximum atomic E-state index is 2.21. The van der Waals surface area contributed by atoms with Gasteiger partial charge in [-0.25, -0.2) is 0 Å². The average Bonchev–Trinajstić information content (AvgIpc) is 2.13. The van der Waals surface area contributed by atoms with Crippen LogP contribution in [0.15, 0.2) is 24.3 Å². The predicted octanol–water partition coefficient (Wildman–Crippen LogP) is 4.61. The van der Waals surface area contributed by atoms with Gasteiger partial charge in [0.1, 0.15) is 0 Å². The van der Waals surface area contributed by atoms with Crippen molar-refractivity contribution in [3.63, 3.8) is 0 Å². The van der Waals surface area contributed by atoms with E-state index in [4.69, 9.17) is 0 Å². The maximum absolute atomic E-state index is 2.21. The molecule has 0 aromatic heterocycles. The van der Waals surface area contributed by atoms with Crippen LogP contribution in [0.2, 0.25) is 0 Å². The van der Waals surface area contributed by atoms with Crippen molar-refractivity contribution in [2.24, 2.45) is 0 Å². The largest absolute Gasteiger partial charge is 0.0776 e. The quantitative estimate of drug-likeness (QED) is 0.623. The molecule has 0 aliphatic carbocycles. The molecule has 13 heavy (non-hydrogen) atoms. The van der Waals surface area contributed by atoms with Gasteiger partial charge >= 0.3 is 0 Å². The molecular weight excluding hydrogens is 156 g/mol. The second-order valence-corrected chi connectivity index (χ2v) is 2.68. The minimum absolute atomic E-state index is 0.